The van der Waals surface area contributed by atoms with Crippen molar-refractivity contribution in [1.82, 2.24) is 4.98 Å². The molecule has 0 fully saturated rings. The summed E-state index contributed by atoms with van der Waals surface area (Å²) in [6, 6.07) is 19.4. The minimum atomic E-state index is -0.304. The molecule has 0 unspecified atom stereocenters. The number of hydrogen-bond donors (Lipinski definition) is 1. The Morgan fingerprint density at radius 1 is 1.12 bits per heavy atom. The zero-order chi connectivity index (χ0) is 16.9. The van der Waals surface area contributed by atoms with E-state index in [9.17, 15) is 4.79 Å². The summed E-state index contributed by atoms with van der Waals surface area (Å²) in [5.74, 6) is -0.304. The van der Waals surface area contributed by atoms with E-state index >= 15 is 0 Å². The predicted molar refractivity (Wildman–Crippen MR) is 96.6 cm³/mol. The van der Waals surface area contributed by atoms with E-state index < -0.39 is 0 Å². The molecular weight excluding hydrogens is 318 g/mol. The number of hydrogen-bond acceptors (Lipinski definition) is 4. The van der Waals surface area contributed by atoms with E-state index in [4.69, 9.17) is 10.2 Å². The lowest BCUT2D eigenvalue weighted by Gasteiger charge is -2.04. The summed E-state index contributed by atoms with van der Waals surface area (Å²) in [6.07, 6.45) is -0.145. The van der Waals surface area contributed by atoms with Crippen LogP contribution in [0.15, 0.2) is 54.6 Å². The highest BCUT2D eigenvalue weighted by atomic mass is 32.1. The molecule has 1 heterocycles. The number of nitrogens with one attached hydrogen (secondary N) is 1. The summed E-state index contributed by atoms with van der Waals surface area (Å²) >= 11 is 1.67. The highest BCUT2D eigenvalue weighted by Crippen LogP contribution is 2.33. The lowest BCUT2D eigenvalue weighted by atomic mass is 10.1. The highest BCUT2D eigenvalue weighted by molar-refractivity contribution is 7.15. The van der Waals surface area contributed by atoms with Crippen LogP contribution in [0.3, 0.4) is 0 Å². The molecule has 0 aliphatic rings. The molecule has 0 saturated heterocycles. The number of amides is 1. The summed E-state index contributed by atoms with van der Waals surface area (Å²) in [6.45, 7) is 2.06. The number of carbonyl (C=O) groups is 1. The standard InChI is InChI=1S/C19H15N3OS/c1-13-18(22-19(24-13)15-5-3-2-4-6-15)14-7-9-16(10-8-14)21-17(23)11-12-20/h2-10H,11H2,1H3,(H,21,23). The van der Waals surface area contributed by atoms with E-state index in [0.717, 1.165) is 26.7 Å². The third-order valence-electron chi connectivity index (χ3n) is 3.50. The van der Waals surface area contributed by atoms with Crippen molar-refractivity contribution in [3.8, 4) is 27.9 Å². The van der Waals surface area contributed by atoms with Crippen molar-refractivity contribution in [1.29, 1.82) is 5.26 Å². The van der Waals surface area contributed by atoms with Crippen molar-refractivity contribution < 1.29 is 4.79 Å². The Balaban J connectivity index is 1.84. The van der Waals surface area contributed by atoms with Crippen LogP contribution in [0.4, 0.5) is 5.69 Å². The molecule has 3 aromatic rings. The molecule has 1 aromatic heterocycles. The summed E-state index contributed by atoms with van der Waals surface area (Å²) in [4.78, 5) is 17.3. The molecule has 2 aromatic carbocycles. The molecule has 5 heteroatoms. The van der Waals surface area contributed by atoms with Gasteiger partial charge < -0.3 is 5.32 Å². The molecule has 0 radical (unpaired) electrons. The van der Waals surface area contributed by atoms with Crippen molar-refractivity contribution >= 4 is 22.9 Å². The van der Waals surface area contributed by atoms with Crippen LogP contribution in [0.2, 0.25) is 0 Å². The molecule has 1 amide bonds. The third-order valence-corrected chi connectivity index (χ3v) is 4.52. The first-order valence-electron chi connectivity index (χ1n) is 7.47. The van der Waals surface area contributed by atoms with E-state index in [2.05, 4.69) is 24.4 Å². The summed E-state index contributed by atoms with van der Waals surface area (Å²) < 4.78 is 0. The smallest absolute Gasteiger partial charge is 0.238 e. The maximum Gasteiger partial charge on any atom is 0.238 e. The number of aromatic nitrogens is 1. The number of rotatable bonds is 4. The lowest BCUT2D eigenvalue weighted by Crippen LogP contribution is -2.09. The van der Waals surface area contributed by atoms with Crippen LogP contribution in [-0.2, 0) is 4.79 Å². The van der Waals surface area contributed by atoms with E-state index in [1.165, 1.54) is 0 Å². The summed E-state index contributed by atoms with van der Waals surface area (Å²) in [5, 5.41) is 12.2. The van der Waals surface area contributed by atoms with Crippen LogP contribution >= 0.6 is 11.3 Å². The van der Waals surface area contributed by atoms with Crippen molar-refractivity contribution in [2.75, 3.05) is 5.32 Å². The summed E-state index contributed by atoms with van der Waals surface area (Å²) in [5.41, 5.74) is 3.74. The van der Waals surface area contributed by atoms with E-state index in [1.807, 2.05) is 48.5 Å². The molecule has 0 spiro atoms. The average molecular weight is 333 g/mol. The number of carbonyl (C=O) groups excluding carboxylic acids is 1. The zero-order valence-corrected chi connectivity index (χ0v) is 13.9. The van der Waals surface area contributed by atoms with Gasteiger partial charge >= 0.3 is 0 Å². The molecule has 118 valence electrons. The topological polar surface area (TPSA) is 65.8 Å². The summed E-state index contributed by atoms with van der Waals surface area (Å²) in [7, 11) is 0. The Labute approximate surface area is 144 Å². The fourth-order valence-corrected chi connectivity index (χ4v) is 3.30. The van der Waals surface area contributed by atoms with Crippen LogP contribution in [0, 0.1) is 18.3 Å². The molecule has 24 heavy (non-hydrogen) atoms. The lowest BCUT2D eigenvalue weighted by molar-refractivity contribution is -0.115. The Bertz CT molecular complexity index is 893. The van der Waals surface area contributed by atoms with Crippen LogP contribution in [0.25, 0.3) is 21.8 Å². The van der Waals surface area contributed by atoms with Gasteiger partial charge in [-0.1, -0.05) is 42.5 Å². The van der Waals surface area contributed by atoms with E-state index in [0.29, 0.717) is 5.69 Å². The second kappa shape index (κ2) is 7.07. The fraction of sp³-hybridized carbons (Fsp3) is 0.105. The molecule has 0 atom stereocenters. The first kappa shape index (κ1) is 15.9. The van der Waals surface area contributed by atoms with Gasteiger partial charge in [-0.05, 0) is 19.1 Å². The molecule has 3 rings (SSSR count). The Morgan fingerprint density at radius 2 is 1.83 bits per heavy atom. The van der Waals surface area contributed by atoms with Crippen LogP contribution in [-0.4, -0.2) is 10.9 Å². The van der Waals surface area contributed by atoms with Crippen molar-refractivity contribution in [2.45, 2.75) is 13.3 Å². The number of anilines is 1. The van der Waals surface area contributed by atoms with Crippen molar-refractivity contribution in [2.24, 2.45) is 0 Å². The van der Waals surface area contributed by atoms with Crippen molar-refractivity contribution in [3.63, 3.8) is 0 Å². The van der Waals surface area contributed by atoms with Gasteiger partial charge in [-0.25, -0.2) is 4.98 Å². The second-order valence-electron chi connectivity index (χ2n) is 5.25. The van der Waals surface area contributed by atoms with E-state index in [1.54, 1.807) is 11.3 Å². The largest absolute Gasteiger partial charge is 0.325 e. The number of aryl methyl sites for hydroxylation is 1. The first-order valence-corrected chi connectivity index (χ1v) is 8.29. The maximum atomic E-state index is 11.4. The van der Waals surface area contributed by atoms with Gasteiger partial charge in [0.2, 0.25) is 5.91 Å². The Hall–Kier alpha value is -2.97. The first-order chi connectivity index (χ1) is 11.7. The fourth-order valence-electron chi connectivity index (χ4n) is 2.36. The van der Waals surface area contributed by atoms with Gasteiger partial charge in [0.25, 0.3) is 0 Å². The molecule has 0 aliphatic heterocycles. The van der Waals surface area contributed by atoms with Gasteiger partial charge in [-0.2, -0.15) is 5.26 Å². The molecule has 4 nitrogen and oxygen atoms in total. The van der Waals surface area contributed by atoms with Gasteiger partial charge in [0.1, 0.15) is 11.4 Å². The predicted octanol–water partition coefficient (Wildman–Crippen LogP) is 4.64. The van der Waals surface area contributed by atoms with Gasteiger partial charge in [-0.15, -0.1) is 11.3 Å². The number of benzene rings is 2. The minimum absolute atomic E-state index is 0.145. The van der Waals surface area contributed by atoms with Crippen LogP contribution in [0.1, 0.15) is 11.3 Å². The average Bonchev–Trinajstić information content (AvgIpc) is 2.98. The van der Waals surface area contributed by atoms with Crippen LogP contribution in [0.5, 0.6) is 0 Å². The Morgan fingerprint density at radius 3 is 2.50 bits per heavy atom. The van der Waals surface area contributed by atoms with Crippen molar-refractivity contribution in [3.05, 3.63) is 59.5 Å². The highest BCUT2D eigenvalue weighted by Gasteiger charge is 2.11. The maximum absolute atomic E-state index is 11.4. The number of thiazole rings is 1. The monoisotopic (exact) mass is 333 g/mol. The number of nitriles is 1. The van der Waals surface area contributed by atoms with Gasteiger partial charge in [0.15, 0.2) is 0 Å². The third kappa shape index (κ3) is 3.50. The molecule has 1 N–H and O–H groups in total. The molecule has 0 saturated carbocycles. The van der Waals surface area contributed by atoms with Crippen LogP contribution < -0.4 is 5.32 Å². The molecule has 0 bridgehead atoms. The SMILES string of the molecule is Cc1sc(-c2ccccc2)nc1-c1ccc(NC(=O)CC#N)cc1. The van der Waals surface area contributed by atoms with E-state index in [-0.39, 0.29) is 12.3 Å². The minimum Gasteiger partial charge on any atom is -0.325 e. The second-order valence-corrected chi connectivity index (χ2v) is 6.45. The number of nitrogens with zero attached hydrogens (tertiary/aromatic N) is 2. The molecular formula is C19H15N3OS. The van der Waals surface area contributed by atoms with Gasteiger partial charge in [0.05, 0.1) is 11.8 Å². The normalized spacial score (nSPS) is 10.2. The zero-order valence-electron chi connectivity index (χ0n) is 13.1. The Kier molecular flexibility index (Phi) is 4.69. The van der Waals surface area contributed by atoms with Gasteiger partial charge in [-0.3, -0.25) is 4.79 Å². The molecule has 0 aliphatic carbocycles. The quantitative estimate of drug-likeness (QED) is 0.756. The van der Waals surface area contributed by atoms with Gasteiger partial charge in [0, 0.05) is 21.7 Å².